The van der Waals surface area contributed by atoms with Gasteiger partial charge in [-0.1, -0.05) is 319 Å². The SMILES string of the molecule is CC/C=C\C/C=C\C/C=C\C/C=C\C/C=C\C/C=C\C/C=C\C/C=C\C/C=C\C/C=C\C/C=C\C/C=C\CCCCCCC(=O)NC(CO)C(O)/C=C/CC/C=C/CCCCCCCCCCCCCCCCCCCCCC. The van der Waals surface area contributed by atoms with Crippen molar-refractivity contribution in [1.29, 1.82) is 0 Å². The summed E-state index contributed by atoms with van der Waals surface area (Å²) in [7, 11) is 0. The van der Waals surface area contributed by atoms with Crippen LogP contribution in [0.25, 0.3) is 0 Å². The molecule has 446 valence electrons. The van der Waals surface area contributed by atoms with E-state index < -0.39 is 12.1 Å². The van der Waals surface area contributed by atoms with Crippen molar-refractivity contribution in [1.82, 2.24) is 5.32 Å². The highest BCUT2D eigenvalue weighted by molar-refractivity contribution is 5.76. The van der Waals surface area contributed by atoms with Gasteiger partial charge in [0, 0.05) is 6.42 Å². The van der Waals surface area contributed by atoms with E-state index in [0.717, 1.165) is 128 Å². The molecule has 79 heavy (non-hydrogen) atoms. The largest absolute Gasteiger partial charge is 0.394 e. The topological polar surface area (TPSA) is 69.6 Å². The average Bonchev–Trinajstić information content (AvgIpc) is 3.45. The number of carbonyl (C=O) groups is 1. The Hall–Kier alpha value is -4.25. The van der Waals surface area contributed by atoms with Crippen molar-refractivity contribution in [2.24, 2.45) is 0 Å². The van der Waals surface area contributed by atoms with Crippen molar-refractivity contribution >= 4 is 5.91 Å². The number of carbonyl (C=O) groups excluding carboxylic acids is 1. The minimum atomic E-state index is -0.887. The van der Waals surface area contributed by atoms with Crippen molar-refractivity contribution in [2.75, 3.05) is 6.61 Å². The first-order valence-corrected chi connectivity index (χ1v) is 32.8. The van der Waals surface area contributed by atoms with Gasteiger partial charge in [0.2, 0.25) is 5.91 Å². The number of rotatable bonds is 58. The Bertz CT molecular complexity index is 1710. The van der Waals surface area contributed by atoms with Crippen LogP contribution in [0.5, 0.6) is 0 Å². The number of hydrogen-bond acceptors (Lipinski definition) is 3. The summed E-state index contributed by atoms with van der Waals surface area (Å²) in [5, 5.41) is 23.2. The molecule has 0 saturated heterocycles. The predicted octanol–water partition coefficient (Wildman–Crippen LogP) is 22.6. The summed E-state index contributed by atoms with van der Waals surface area (Å²) in [6.07, 6.45) is 110. The average molecular weight is 1090 g/mol. The first-order chi connectivity index (χ1) is 39.2. The van der Waals surface area contributed by atoms with Gasteiger partial charge in [0.05, 0.1) is 18.8 Å². The van der Waals surface area contributed by atoms with Crippen LogP contribution in [0, 0.1) is 0 Å². The van der Waals surface area contributed by atoms with Gasteiger partial charge in [0.25, 0.3) is 0 Å². The molecule has 0 saturated carbocycles. The Morgan fingerprint density at radius 2 is 0.570 bits per heavy atom. The van der Waals surface area contributed by atoms with Crippen molar-refractivity contribution in [3.63, 3.8) is 0 Å². The molecule has 4 nitrogen and oxygen atoms in total. The Morgan fingerprint density at radius 1 is 0.316 bits per heavy atom. The molecule has 0 spiro atoms. The molecule has 0 fully saturated rings. The molecule has 0 heterocycles. The highest BCUT2D eigenvalue weighted by Gasteiger charge is 2.18. The fourth-order valence-corrected chi connectivity index (χ4v) is 9.00. The minimum Gasteiger partial charge on any atom is -0.394 e. The summed E-state index contributed by atoms with van der Waals surface area (Å²) in [6, 6.07) is -0.667. The van der Waals surface area contributed by atoms with E-state index in [1.807, 2.05) is 6.08 Å². The zero-order valence-corrected chi connectivity index (χ0v) is 51.3. The van der Waals surface area contributed by atoms with Gasteiger partial charge in [-0.3, -0.25) is 4.79 Å². The molecule has 3 N–H and O–H groups in total. The zero-order chi connectivity index (χ0) is 56.9. The van der Waals surface area contributed by atoms with Crippen molar-refractivity contribution in [2.45, 2.75) is 289 Å². The number of unbranched alkanes of at least 4 members (excludes halogenated alkanes) is 25. The van der Waals surface area contributed by atoms with E-state index in [0.29, 0.717) is 6.42 Å². The number of allylic oxidation sites excluding steroid dienone is 27. The van der Waals surface area contributed by atoms with Gasteiger partial charge in [-0.25, -0.2) is 0 Å². The monoisotopic (exact) mass is 1090 g/mol. The summed E-state index contributed by atoms with van der Waals surface area (Å²) in [5.74, 6) is -0.103. The van der Waals surface area contributed by atoms with Crippen molar-refractivity contribution in [3.05, 3.63) is 170 Å². The van der Waals surface area contributed by atoms with Crippen molar-refractivity contribution < 1.29 is 15.0 Å². The third-order valence-corrected chi connectivity index (χ3v) is 13.9. The maximum Gasteiger partial charge on any atom is 0.220 e. The quantitative estimate of drug-likeness (QED) is 0.0420. The molecule has 0 aliphatic heterocycles. The lowest BCUT2D eigenvalue weighted by atomic mass is 10.0. The van der Waals surface area contributed by atoms with Gasteiger partial charge in [-0.15, -0.1) is 0 Å². The molecule has 0 aliphatic rings. The van der Waals surface area contributed by atoms with E-state index >= 15 is 0 Å². The maximum atomic E-state index is 12.5. The smallest absolute Gasteiger partial charge is 0.220 e. The van der Waals surface area contributed by atoms with Gasteiger partial charge in [0.1, 0.15) is 0 Å². The van der Waals surface area contributed by atoms with Gasteiger partial charge in [-0.2, -0.15) is 0 Å². The molecule has 0 aliphatic carbocycles. The molecule has 1 amide bonds. The van der Waals surface area contributed by atoms with Gasteiger partial charge in [-0.05, 0) is 122 Å². The second kappa shape index (κ2) is 68.0. The number of hydrogen-bond donors (Lipinski definition) is 3. The Morgan fingerprint density at radius 3 is 0.886 bits per heavy atom. The van der Waals surface area contributed by atoms with E-state index in [4.69, 9.17) is 0 Å². The Balaban J connectivity index is 3.69. The second-order valence-corrected chi connectivity index (χ2v) is 21.4. The predicted molar refractivity (Wildman–Crippen MR) is 354 cm³/mol. The highest BCUT2D eigenvalue weighted by atomic mass is 16.3. The molecular formula is C75H123NO3. The fraction of sp³-hybridized carbons (Fsp3) is 0.613. The van der Waals surface area contributed by atoms with Gasteiger partial charge >= 0.3 is 0 Å². The Kier molecular flexibility index (Phi) is 64.4. The summed E-state index contributed by atoms with van der Waals surface area (Å²) < 4.78 is 0. The molecule has 0 bridgehead atoms. The lowest BCUT2D eigenvalue weighted by Gasteiger charge is -2.19. The normalized spacial score (nSPS) is 13.9. The van der Waals surface area contributed by atoms with E-state index in [1.165, 1.54) is 128 Å². The van der Waals surface area contributed by atoms with Crippen LogP contribution < -0.4 is 5.32 Å². The molecule has 2 atom stereocenters. The van der Waals surface area contributed by atoms with E-state index in [9.17, 15) is 15.0 Å². The van der Waals surface area contributed by atoms with Crippen LogP contribution in [0.15, 0.2) is 170 Å². The van der Waals surface area contributed by atoms with Crippen LogP contribution in [-0.4, -0.2) is 34.9 Å². The lowest BCUT2D eigenvalue weighted by molar-refractivity contribution is -0.123. The van der Waals surface area contributed by atoms with Crippen molar-refractivity contribution in [3.8, 4) is 0 Å². The lowest BCUT2D eigenvalue weighted by Crippen LogP contribution is -2.45. The molecule has 0 rings (SSSR count). The van der Waals surface area contributed by atoms with Crippen LogP contribution in [-0.2, 0) is 4.79 Å². The first kappa shape index (κ1) is 74.8. The fourth-order valence-electron chi connectivity index (χ4n) is 9.00. The highest BCUT2D eigenvalue weighted by Crippen LogP contribution is 2.16. The summed E-state index contributed by atoms with van der Waals surface area (Å²) in [4.78, 5) is 12.5. The molecule has 0 aromatic heterocycles. The number of amides is 1. The molecule has 0 radical (unpaired) electrons. The van der Waals surface area contributed by atoms with Gasteiger partial charge in [0.15, 0.2) is 0 Å². The minimum absolute atomic E-state index is 0.103. The number of nitrogens with one attached hydrogen (secondary N) is 1. The van der Waals surface area contributed by atoms with Crippen LogP contribution in [0.2, 0.25) is 0 Å². The van der Waals surface area contributed by atoms with Crippen LogP contribution in [0.4, 0.5) is 0 Å². The summed E-state index contributed by atoms with van der Waals surface area (Å²) in [5.41, 5.74) is 0. The van der Waals surface area contributed by atoms with Crippen LogP contribution in [0.1, 0.15) is 277 Å². The first-order valence-electron chi connectivity index (χ1n) is 32.8. The third kappa shape index (κ3) is 64.5. The molecular weight excluding hydrogens is 963 g/mol. The van der Waals surface area contributed by atoms with Crippen LogP contribution in [0.3, 0.4) is 0 Å². The van der Waals surface area contributed by atoms with Gasteiger partial charge < -0.3 is 15.5 Å². The van der Waals surface area contributed by atoms with E-state index in [2.05, 4.69) is 177 Å². The standard InChI is InChI=1S/C75H123NO3/c1-3-5-7-9-11-13-15-17-19-21-23-25-27-29-31-32-33-34-35-36-37-38-39-40-41-42-43-44-45-47-49-51-53-55-57-59-61-63-65-67-69-71-75(79)76-73(72-77)74(78)70-68-66-64-62-60-58-56-54-52-50-48-46-30-28-26-24-22-20-18-16-14-12-10-8-6-4-2/h5,7,11,13,17,19,23,25,29,31,33-34,36-37,39-40,42-43,45,47,51,53,57,59-60,62,68,70,73-74,77-78H,3-4,6,8-10,12,14-16,18,20-22,24,26-28,30,32,35,38,41,44,46,48-50,52,54-56,58,61,63-67,69,71-72H2,1-2H3,(H,76,79)/b7-5-,13-11-,19-17-,25-23-,31-29-,34-33-,37-36-,40-39-,43-42-,47-45-,53-51-,59-57-,62-60+,70-68+. The molecule has 0 aromatic rings. The third-order valence-electron chi connectivity index (χ3n) is 13.9. The second-order valence-electron chi connectivity index (χ2n) is 21.4. The Labute approximate surface area is 489 Å². The molecule has 2 unspecified atom stereocenters. The van der Waals surface area contributed by atoms with Crippen LogP contribution >= 0.6 is 0 Å². The molecule has 0 aromatic carbocycles. The zero-order valence-electron chi connectivity index (χ0n) is 51.3. The number of aliphatic hydroxyl groups is 2. The summed E-state index contributed by atoms with van der Waals surface area (Å²) in [6.45, 7) is 4.18. The van der Waals surface area contributed by atoms with E-state index in [1.54, 1.807) is 6.08 Å². The maximum absolute atomic E-state index is 12.5. The van der Waals surface area contributed by atoms with E-state index in [-0.39, 0.29) is 12.5 Å². The molecule has 4 heteroatoms. The summed E-state index contributed by atoms with van der Waals surface area (Å²) >= 11 is 0. The number of aliphatic hydroxyl groups excluding tert-OH is 2.